The second-order valence-electron chi connectivity index (χ2n) is 10.6. The monoisotopic (exact) mass is 561 g/mol. The first-order valence-corrected chi connectivity index (χ1v) is 14.7. The third kappa shape index (κ3) is 8.51. The van der Waals surface area contributed by atoms with E-state index in [1.807, 2.05) is 32.9 Å². The number of benzene rings is 2. The molecule has 0 bridgehead atoms. The fourth-order valence-corrected chi connectivity index (χ4v) is 5.13. The van der Waals surface area contributed by atoms with Gasteiger partial charge in [0.1, 0.15) is 25.0 Å². The highest BCUT2D eigenvalue weighted by Crippen LogP contribution is 2.34. The van der Waals surface area contributed by atoms with Crippen molar-refractivity contribution in [2.45, 2.75) is 58.7 Å². The number of carbonyl (C=O) groups is 2. The lowest BCUT2D eigenvalue weighted by Gasteiger charge is -2.32. The minimum absolute atomic E-state index is 0.0554. The van der Waals surface area contributed by atoms with Gasteiger partial charge in [0.25, 0.3) is 0 Å². The van der Waals surface area contributed by atoms with E-state index in [0.717, 1.165) is 11.8 Å². The van der Waals surface area contributed by atoms with Crippen LogP contribution in [-0.2, 0) is 26.2 Å². The molecule has 0 saturated carbocycles. The minimum atomic E-state index is -3.63. The first kappa shape index (κ1) is 30.1. The van der Waals surface area contributed by atoms with Gasteiger partial charge in [-0.3, -0.25) is 13.9 Å². The minimum Gasteiger partial charge on any atom is -0.497 e. The summed E-state index contributed by atoms with van der Waals surface area (Å²) in [7, 11) is -2.05. The van der Waals surface area contributed by atoms with E-state index in [4.69, 9.17) is 14.2 Å². The molecule has 214 valence electrons. The summed E-state index contributed by atoms with van der Waals surface area (Å²) in [5.74, 6) is 1.21. The molecule has 2 aromatic rings. The SMILES string of the molecule is COc1ccc(CN(C(=O)CCCN(c2ccc3c(c2)OCCO3)S(C)(=O)=O)[C@H](C)C(=O)NC(C)(C)C)cc1. The molecule has 2 amide bonds. The Bertz CT molecular complexity index is 1260. The average molecular weight is 562 g/mol. The Balaban J connectivity index is 1.75. The highest BCUT2D eigenvalue weighted by Gasteiger charge is 2.29. The lowest BCUT2D eigenvalue weighted by molar-refractivity contribution is -0.141. The number of hydrogen-bond donors (Lipinski definition) is 1. The van der Waals surface area contributed by atoms with Crippen LogP contribution in [0.4, 0.5) is 5.69 Å². The number of carbonyl (C=O) groups excluding carboxylic acids is 2. The summed E-state index contributed by atoms with van der Waals surface area (Å²) in [6.45, 7) is 8.46. The molecule has 1 heterocycles. The maximum Gasteiger partial charge on any atom is 0.242 e. The van der Waals surface area contributed by atoms with Crippen molar-refractivity contribution >= 4 is 27.5 Å². The van der Waals surface area contributed by atoms with Crippen LogP contribution in [0.15, 0.2) is 42.5 Å². The molecule has 0 spiro atoms. The highest BCUT2D eigenvalue weighted by atomic mass is 32.2. The second-order valence-corrected chi connectivity index (χ2v) is 12.5. The predicted molar refractivity (Wildman–Crippen MR) is 150 cm³/mol. The Labute approximate surface area is 231 Å². The zero-order valence-corrected chi connectivity index (χ0v) is 24.3. The van der Waals surface area contributed by atoms with Crippen LogP contribution in [0.2, 0.25) is 0 Å². The smallest absolute Gasteiger partial charge is 0.242 e. The molecule has 39 heavy (non-hydrogen) atoms. The van der Waals surface area contributed by atoms with Crippen LogP contribution >= 0.6 is 0 Å². The molecule has 0 unspecified atom stereocenters. The van der Waals surface area contributed by atoms with E-state index in [0.29, 0.717) is 36.1 Å². The van der Waals surface area contributed by atoms with E-state index in [2.05, 4.69) is 5.32 Å². The topological polar surface area (TPSA) is 114 Å². The van der Waals surface area contributed by atoms with Gasteiger partial charge in [-0.05, 0) is 63.9 Å². The van der Waals surface area contributed by atoms with Gasteiger partial charge < -0.3 is 24.4 Å². The molecule has 1 aliphatic rings. The molecule has 0 fully saturated rings. The first-order chi connectivity index (χ1) is 18.3. The molecule has 10 nitrogen and oxygen atoms in total. The Morgan fingerprint density at radius 1 is 1.05 bits per heavy atom. The van der Waals surface area contributed by atoms with E-state index in [1.54, 1.807) is 44.4 Å². The van der Waals surface area contributed by atoms with Gasteiger partial charge in [0.2, 0.25) is 21.8 Å². The average Bonchev–Trinajstić information content (AvgIpc) is 2.87. The van der Waals surface area contributed by atoms with Crippen molar-refractivity contribution in [3.05, 3.63) is 48.0 Å². The number of amides is 2. The Kier molecular flexibility index (Phi) is 9.71. The summed E-state index contributed by atoms with van der Waals surface area (Å²) >= 11 is 0. The number of nitrogens with one attached hydrogen (secondary N) is 1. The van der Waals surface area contributed by atoms with Crippen LogP contribution < -0.4 is 23.8 Å². The van der Waals surface area contributed by atoms with Crippen LogP contribution in [0.3, 0.4) is 0 Å². The van der Waals surface area contributed by atoms with Crippen molar-refractivity contribution in [3.63, 3.8) is 0 Å². The molecule has 1 atom stereocenters. The van der Waals surface area contributed by atoms with Crippen molar-refractivity contribution < 1.29 is 32.2 Å². The summed E-state index contributed by atoms with van der Waals surface area (Å²) in [6.07, 6.45) is 1.44. The van der Waals surface area contributed by atoms with Gasteiger partial charge in [0.05, 0.1) is 19.1 Å². The van der Waals surface area contributed by atoms with Crippen molar-refractivity contribution in [2.24, 2.45) is 0 Å². The molecule has 0 radical (unpaired) electrons. The summed E-state index contributed by atoms with van der Waals surface area (Å²) < 4.78 is 42.9. The van der Waals surface area contributed by atoms with Crippen molar-refractivity contribution in [2.75, 3.05) is 37.4 Å². The molecular weight excluding hydrogens is 522 g/mol. The van der Waals surface area contributed by atoms with Crippen LogP contribution in [0, 0.1) is 0 Å². The fraction of sp³-hybridized carbons (Fsp3) is 0.500. The first-order valence-electron chi connectivity index (χ1n) is 12.9. The third-order valence-corrected chi connectivity index (χ3v) is 7.34. The van der Waals surface area contributed by atoms with E-state index in [9.17, 15) is 18.0 Å². The van der Waals surface area contributed by atoms with Gasteiger partial charge >= 0.3 is 0 Å². The lowest BCUT2D eigenvalue weighted by atomic mass is 10.1. The van der Waals surface area contributed by atoms with Crippen LogP contribution in [0.5, 0.6) is 17.2 Å². The highest BCUT2D eigenvalue weighted by molar-refractivity contribution is 7.92. The molecule has 0 saturated heterocycles. The van der Waals surface area contributed by atoms with E-state index in [-0.39, 0.29) is 37.7 Å². The number of fused-ring (bicyclic) bond motifs is 1. The van der Waals surface area contributed by atoms with Gasteiger partial charge in [-0.2, -0.15) is 0 Å². The number of ether oxygens (including phenoxy) is 3. The third-order valence-electron chi connectivity index (χ3n) is 6.14. The van der Waals surface area contributed by atoms with Gasteiger partial charge in [-0.15, -0.1) is 0 Å². The van der Waals surface area contributed by atoms with Gasteiger partial charge in [0, 0.05) is 31.1 Å². The molecular formula is C28H39N3O7S. The second kappa shape index (κ2) is 12.6. The van der Waals surface area contributed by atoms with Gasteiger partial charge in [-0.25, -0.2) is 8.42 Å². The van der Waals surface area contributed by atoms with Crippen molar-refractivity contribution in [1.29, 1.82) is 0 Å². The summed E-state index contributed by atoms with van der Waals surface area (Å²) in [5.41, 5.74) is 0.815. The molecule has 1 N–H and O–H groups in total. The predicted octanol–water partition coefficient (Wildman–Crippen LogP) is 3.34. The van der Waals surface area contributed by atoms with Crippen LogP contribution in [0.25, 0.3) is 0 Å². The normalized spacial score (nSPS) is 13.8. The molecule has 0 aliphatic carbocycles. The molecule has 3 rings (SSSR count). The lowest BCUT2D eigenvalue weighted by Crippen LogP contribution is -2.52. The number of anilines is 1. The molecule has 2 aromatic carbocycles. The fourth-order valence-electron chi connectivity index (χ4n) is 4.18. The standard InChI is InChI=1S/C28H39N3O7S/c1-20(27(33)29-28(2,3)4)30(19-21-9-12-23(36-5)13-10-21)26(32)8-7-15-31(39(6,34)35)22-11-14-24-25(18-22)38-17-16-37-24/h9-14,18,20H,7-8,15-17,19H2,1-6H3,(H,29,33)/t20-/m1/s1. The van der Waals surface area contributed by atoms with Crippen molar-refractivity contribution in [3.8, 4) is 17.2 Å². The Morgan fingerprint density at radius 2 is 1.69 bits per heavy atom. The van der Waals surface area contributed by atoms with E-state index in [1.165, 1.54) is 9.21 Å². The largest absolute Gasteiger partial charge is 0.497 e. The maximum absolute atomic E-state index is 13.5. The maximum atomic E-state index is 13.5. The quantitative estimate of drug-likeness (QED) is 0.448. The van der Waals surface area contributed by atoms with Crippen molar-refractivity contribution in [1.82, 2.24) is 10.2 Å². The van der Waals surface area contributed by atoms with Gasteiger partial charge in [-0.1, -0.05) is 12.1 Å². The number of hydrogen-bond acceptors (Lipinski definition) is 7. The van der Waals surface area contributed by atoms with Crippen LogP contribution in [0.1, 0.15) is 46.1 Å². The van der Waals surface area contributed by atoms with E-state index >= 15 is 0 Å². The summed E-state index contributed by atoms with van der Waals surface area (Å²) in [5, 5.41) is 2.94. The number of methoxy groups -OCH3 is 1. The zero-order chi connectivity index (χ0) is 28.8. The number of rotatable bonds is 11. The molecule has 11 heteroatoms. The Morgan fingerprint density at radius 3 is 2.28 bits per heavy atom. The number of nitrogens with zero attached hydrogens (tertiary/aromatic N) is 2. The molecule has 1 aliphatic heterocycles. The van der Waals surface area contributed by atoms with Crippen LogP contribution in [-0.4, -0.2) is 69.8 Å². The summed E-state index contributed by atoms with van der Waals surface area (Å²) in [6, 6.07) is 11.5. The number of sulfonamides is 1. The summed E-state index contributed by atoms with van der Waals surface area (Å²) in [4.78, 5) is 28.0. The van der Waals surface area contributed by atoms with E-state index < -0.39 is 21.6 Å². The van der Waals surface area contributed by atoms with Gasteiger partial charge in [0.15, 0.2) is 11.5 Å². The zero-order valence-electron chi connectivity index (χ0n) is 23.5. The molecule has 0 aromatic heterocycles. The Hall–Kier alpha value is -3.47.